The van der Waals surface area contributed by atoms with Crippen molar-refractivity contribution in [1.82, 2.24) is 5.32 Å². The number of fused-ring (bicyclic) bond motifs is 1. The van der Waals surface area contributed by atoms with Gasteiger partial charge >= 0.3 is 0 Å². The van der Waals surface area contributed by atoms with Gasteiger partial charge in [-0.3, -0.25) is 9.59 Å². The predicted molar refractivity (Wildman–Crippen MR) is 89.4 cm³/mol. The van der Waals surface area contributed by atoms with E-state index in [2.05, 4.69) is 10.3 Å². The van der Waals surface area contributed by atoms with E-state index in [0.29, 0.717) is 12.2 Å². The van der Waals surface area contributed by atoms with Crippen molar-refractivity contribution in [2.24, 2.45) is 4.99 Å². The molecule has 6 heteroatoms. The second-order valence-corrected chi connectivity index (χ2v) is 5.37. The molecule has 0 fully saturated rings. The summed E-state index contributed by atoms with van der Waals surface area (Å²) in [5, 5.41) is 22.6. The first-order chi connectivity index (χ1) is 11.5. The summed E-state index contributed by atoms with van der Waals surface area (Å²) in [4.78, 5) is 29.9. The Bertz CT molecular complexity index is 844. The molecule has 24 heavy (non-hydrogen) atoms. The van der Waals surface area contributed by atoms with Crippen LogP contribution in [0, 0.1) is 0 Å². The lowest BCUT2D eigenvalue weighted by molar-refractivity contribution is 0.0933. The Morgan fingerprint density at radius 2 is 1.79 bits per heavy atom. The molecule has 0 aliphatic heterocycles. The zero-order valence-corrected chi connectivity index (χ0v) is 13.0. The summed E-state index contributed by atoms with van der Waals surface area (Å²) in [6.07, 6.45) is 0. The van der Waals surface area contributed by atoms with Gasteiger partial charge in [0.15, 0.2) is 17.3 Å². The number of hydrogen-bond donors (Lipinski definition) is 3. The molecule has 122 valence electrons. The maximum Gasteiger partial charge on any atom is 0.210 e. The van der Waals surface area contributed by atoms with Crippen molar-refractivity contribution in [1.29, 1.82) is 0 Å². The van der Waals surface area contributed by atoms with Gasteiger partial charge in [0.2, 0.25) is 5.78 Å². The topological polar surface area (TPSA) is 99.0 Å². The first-order valence-corrected chi connectivity index (χ1v) is 7.55. The Labute approximate surface area is 138 Å². The highest BCUT2D eigenvalue weighted by atomic mass is 16.3. The lowest BCUT2D eigenvalue weighted by Gasteiger charge is -2.25. The molecule has 0 saturated heterocycles. The van der Waals surface area contributed by atoms with Gasteiger partial charge in [-0.05, 0) is 30.8 Å². The maximum absolute atomic E-state index is 12.8. The smallest absolute Gasteiger partial charge is 0.210 e. The van der Waals surface area contributed by atoms with Crippen molar-refractivity contribution in [3.05, 3.63) is 53.6 Å². The first-order valence-electron chi connectivity index (χ1n) is 7.55. The number of aliphatic imine (C=N–C) groups is 1. The molecule has 0 aromatic heterocycles. The summed E-state index contributed by atoms with van der Waals surface area (Å²) < 4.78 is 0. The fourth-order valence-electron chi connectivity index (χ4n) is 2.71. The quantitative estimate of drug-likeness (QED) is 0.752. The average molecular weight is 324 g/mol. The molecule has 1 aliphatic rings. The molecule has 0 spiro atoms. The maximum atomic E-state index is 12.8. The van der Waals surface area contributed by atoms with Crippen molar-refractivity contribution in [2.75, 3.05) is 6.54 Å². The Morgan fingerprint density at radius 1 is 1.08 bits per heavy atom. The number of phenols is 2. The Kier molecular flexibility index (Phi) is 4.14. The van der Waals surface area contributed by atoms with Crippen LogP contribution in [0.4, 0.5) is 5.69 Å². The van der Waals surface area contributed by atoms with Gasteiger partial charge < -0.3 is 15.5 Å². The molecule has 6 nitrogen and oxygen atoms in total. The minimum Gasteiger partial charge on any atom is -0.504 e. The van der Waals surface area contributed by atoms with E-state index in [1.165, 1.54) is 12.1 Å². The molecule has 0 amide bonds. The van der Waals surface area contributed by atoms with Crippen molar-refractivity contribution in [3.8, 4) is 11.5 Å². The average Bonchev–Trinajstić information content (AvgIpc) is 2.59. The summed E-state index contributed by atoms with van der Waals surface area (Å²) in [5.74, 6) is -1.95. The molecule has 0 saturated carbocycles. The number of para-hydroxylation sites is 1. The zero-order chi connectivity index (χ0) is 17.3. The summed E-state index contributed by atoms with van der Waals surface area (Å²) in [6, 6.07) is 10.4. The van der Waals surface area contributed by atoms with Gasteiger partial charge in [-0.15, -0.1) is 0 Å². The fourth-order valence-corrected chi connectivity index (χ4v) is 2.71. The van der Waals surface area contributed by atoms with Crippen molar-refractivity contribution in [2.45, 2.75) is 13.0 Å². The summed E-state index contributed by atoms with van der Waals surface area (Å²) >= 11 is 0. The molecule has 1 aliphatic carbocycles. The van der Waals surface area contributed by atoms with Gasteiger partial charge in [0.05, 0.1) is 11.3 Å². The normalized spacial score (nSPS) is 18.7. The van der Waals surface area contributed by atoms with E-state index in [9.17, 15) is 19.8 Å². The second-order valence-electron chi connectivity index (χ2n) is 5.37. The van der Waals surface area contributed by atoms with E-state index in [1.54, 1.807) is 31.2 Å². The minimum absolute atomic E-state index is 0.0409. The second kappa shape index (κ2) is 6.25. The number of likely N-dealkylation sites (N-methyl/N-ethyl adjacent to an activating group) is 1. The number of nitrogens with one attached hydrogen (secondary N) is 1. The van der Waals surface area contributed by atoms with Crippen LogP contribution in [0.1, 0.15) is 27.6 Å². The van der Waals surface area contributed by atoms with Crippen LogP contribution in [0.25, 0.3) is 0 Å². The largest absolute Gasteiger partial charge is 0.504 e. The van der Waals surface area contributed by atoms with Gasteiger partial charge in [0.1, 0.15) is 11.8 Å². The van der Waals surface area contributed by atoms with E-state index in [0.717, 1.165) is 0 Å². The molecule has 2 aromatic carbocycles. The standard InChI is InChI=1S/C18H16N2O4/c1-2-19-14-15(20-10-6-4-3-5-7-10)16(22)11-8-9-12(21)17(23)13(11)18(14)24/h3-9,14,19,21,23H,2H2,1H3. The van der Waals surface area contributed by atoms with E-state index in [-0.39, 0.29) is 16.8 Å². The van der Waals surface area contributed by atoms with Crippen LogP contribution in [0.2, 0.25) is 0 Å². The highest BCUT2D eigenvalue weighted by Gasteiger charge is 2.40. The number of Topliss-reactive ketones (excluding diaryl/α,β-unsaturated/α-hetero) is 2. The summed E-state index contributed by atoms with van der Waals surface area (Å²) in [7, 11) is 0. The van der Waals surface area contributed by atoms with Crippen LogP contribution in [-0.4, -0.2) is 40.1 Å². The van der Waals surface area contributed by atoms with Crippen molar-refractivity contribution >= 4 is 23.0 Å². The molecule has 0 radical (unpaired) electrons. The molecule has 2 aromatic rings. The lowest BCUT2D eigenvalue weighted by Crippen LogP contribution is -2.50. The number of ketones is 2. The van der Waals surface area contributed by atoms with E-state index in [4.69, 9.17) is 0 Å². The monoisotopic (exact) mass is 324 g/mol. The third kappa shape index (κ3) is 2.57. The number of rotatable bonds is 3. The number of carbonyl (C=O) groups is 2. The highest BCUT2D eigenvalue weighted by Crippen LogP contribution is 2.35. The van der Waals surface area contributed by atoms with Crippen LogP contribution in [0.5, 0.6) is 11.5 Å². The summed E-state index contributed by atoms with van der Waals surface area (Å²) in [5.41, 5.74) is 0.505. The number of phenolic OH excluding ortho intramolecular Hbond substituents is 2. The number of hydrogen-bond acceptors (Lipinski definition) is 6. The van der Waals surface area contributed by atoms with Crippen LogP contribution < -0.4 is 5.32 Å². The molecule has 1 unspecified atom stereocenters. The predicted octanol–water partition coefficient (Wildman–Crippen LogP) is 2.23. The lowest BCUT2D eigenvalue weighted by atomic mass is 9.83. The van der Waals surface area contributed by atoms with Crippen LogP contribution in [0.15, 0.2) is 47.5 Å². The molecular weight excluding hydrogens is 308 g/mol. The molecular formula is C18H16N2O4. The van der Waals surface area contributed by atoms with Gasteiger partial charge in [0, 0.05) is 5.56 Å². The SMILES string of the molecule is CCNC1C(=O)c2c(ccc(O)c2O)C(=O)C1=Nc1ccccc1. The van der Waals surface area contributed by atoms with Gasteiger partial charge in [-0.1, -0.05) is 25.1 Å². The van der Waals surface area contributed by atoms with E-state index in [1.807, 2.05) is 6.07 Å². The Balaban J connectivity index is 2.19. The van der Waals surface area contributed by atoms with Gasteiger partial charge in [0.25, 0.3) is 0 Å². The highest BCUT2D eigenvalue weighted by molar-refractivity contribution is 6.56. The van der Waals surface area contributed by atoms with Gasteiger partial charge in [-0.2, -0.15) is 0 Å². The molecule has 3 rings (SSSR count). The van der Waals surface area contributed by atoms with Crippen molar-refractivity contribution in [3.63, 3.8) is 0 Å². The Hall–Kier alpha value is -2.99. The summed E-state index contributed by atoms with van der Waals surface area (Å²) in [6.45, 7) is 2.24. The minimum atomic E-state index is -0.970. The molecule has 0 bridgehead atoms. The van der Waals surface area contributed by atoms with E-state index >= 15 is 0 Å². The number of aromatic hydroxyl groups is 2. The van der Waals surface area contributed by atoms with Crippen LogP contribution in [0.3, 0.4) is 0 Å². The number of carbonyl (C=O) groups excluding carboxylic acids is 2. The van der Waals surface area contributed by atoms with E-state index < -0.39 is 29.1 Å². The van der Waals surface area contributed by atoms with Crippen LogP contribution in [-0.2, 0) is 0 Å². The molecule has 3 N–H and O–H groups in total. The first kappa shape index (κ1) is 15.9. The van der Waals surface area contributed by atoms with Crippen LogP contribution >= 0.6 is 0 Å². The third-order valence-electron chi connectivity index (χ3n) is 3.83. The Morgan fingerprint density at radius 3 is 2.46 bits per heavy atom. The molecule has 0 heterocycles. The zero-order valence-electron chi connectivity index (χ0n) is 13.0. The number of benzene rings is 2. The number of nitrogens with zero attached hydrogens (tertiary/aromatic N) is 1. The third-order valence-corrected chi connectivity index (χ3v) is 3.83. The van der Waals surface area contributed by atoms with Crippen molar-refractivity contribution < 1.29 is 19.8 Å². The van der Waals surface area contributed by atoms with Gasteiger partial charge in [-0.25, -0.2) is 4.99 Å². The fraction of sp³-hybridized carbons (Fsp3) is 0.167. The molecule has 1 atom stereocenters.